The summed E-state index contributed by atoms with van der Waals surface area (Å²) in [5, 5.41) is 17.6. The first-order chi connectivity index (χ1) is 7.61. The Hall–Kier alpha value is -1.44. The summed E-state index contributed by atoms with van der Waals surface area (Å²) in [6.45, 7) is 1.49. The number of ether oxygens (including phenoxy) is 1. The van der Waals surface area contributed by atoms with Gasteiger partial charge in [-0.3, -0.25) is 0 Å². The first-order valence-corrected chi connectivity index (χ1v) is 5.01. The number of aliphatic hydroxyl groups is 1. The number of benzene rings is 1. The molecule has 0 heterocycles. The normalized spacial score (nSPS) is 14.1. The van der Waals surface area contributed by atoms with Crippen molar-refractivity contribution in [1.29, 1.82) is 5.26 Å². The predicted molar refractivity (Wildman–Crippen MR) is 57.2 cm³/mol. The molecular formula is C12H14FNO2. The highest BCUT2D eigenvalue weighted by atomic mass is 19.1. The quantitative estimate of drug-likeness (QED) is 0.825. The van der Waals surface area contributed by atoms with Crippen LogP contribution in [0.4, 0.5) is 4.39 Å². The highest BCUT2D eigenvalue weighted by Gasteiger charge is 2.26. The predicted octanol–water partition coefficient (Wildman–Crippen LogP) is 1.66. The maximum absolute atomic E-state index is 13.4. The van der Waals surface area contributed by atoms with Gasteiger partial charge in [0.05, 0.1) is 19.3 Å². The van der Waals surface area contributed by atoms with Crippen LogP contribution in [0.3, 0.4) is 0 Å². The van der Waals surface area contributed by atoms with Gasteiger partial charge in [0, 0.05) is 6.42 Å². The maximum Gasteiger partial charge on any atom is 0.155 e. The molecule has 0 radical (unpaired) electrons. The molecule has 1 unspecified atom stereocenters. The van der Waals surface area contributed by atoms with Crippen LogP contribution in [-0.2, 0) is 11.2 Å². The van der Waals surface area contributed by atoms with Crippen LogP contribution in [0.2, 0.25) is 0 Å². The van der Waals surface area contributed by atoms with Crippen molar-refractivity contribution in [2.24, 2.45) is 0 Å². The van der Waals surface area contributed by atoms with Crippen molar-refractivity contribution in [2.45, 2.75) is 18.9 Å². The van der Waals surface area contributed by atoms with E-state index in [1.54, 1.807) is 25.1 Å². The van der Waals surface area contributed by atoms with E-state index in [9.17, 15) is 4.39 Å². The van der Waals surface area contributed by atoms with Crippen LogP contribution >= 0.6 is 0 Å². The maximum atomic E-state index is 13.4. The second-order valence-corrected chi connectivity index (χ2v) is 3.68. The molecule has 1 aromatic carbocycles. The number of rotatable bonds is 5. The molecule has 3 nitrogen and oxygen atoms in total. The Labute approximate surface area is 94.1 Å². The van der Waals surface area contributed by atoms with Crippen molar-refractivity contribution in [1.82, 2.24) is 0 Å². The van der Waals surface area contributed by atoms with Crippen molar-refractivity contribution >= 4 is 0 Å². The molecule has 0 saturated heterocycles. The minimum Gasteiger partial charge on any atom is -0.394 e. The minimum atomic E-state index is -1.11. The molecule has 0 amide bonds. The van der Waals surface area contributed by atoms with Gasteiger partial charge in [-0.05, 0) is 18.6 Å². The highest BCUT2D eigenvalue weighted by molar-refractivity contribution is 5.21. The lowest BCUT2D eigenvalue weighted by molar-refractivity contribution is -0.00742. The summed E-state index contributed by atoms with van der Waals surface area (Å²) in [4.78, 5) is 0. The molecule has 1 rings (SSSR count). The van der Waals surface area contributed by atoms with E-state index in [0.717, 1.165) is 0 Å². The zero-order valence-corrected chi connectivity index (χ0v) is 9.11. The van der Waals surface area contributed by atoms with Crippen molar-refractivity contribution in [3.8, 4) is 6.07 Å². The molecule has 0 bridgehead atoms. The van der Waals surface area contributed by atoms with E-state index >= 15 is 0 Å². The number of hydrogen-bond acceptors (Lipinski definition) is 3. The summed E-state index contributed by atoms with van der Waals surface area (Å²) in [5.41, 5.74) is -0.672. The molecule has 0 spiro atoms. The standard InChI is InChI=1S/C12H14FNO2/c1-12(9-14,16-7-6-15)8-10-4-2-3-5-11(10)13/h2-5,15H,6-8H2,1H3. The van der Waals surface area contributed by atoms with Crippen LogP contribution in [0.15, 0.2) is 24.3 Å². The summed E-state index contributed by atoms with van der Waals surface area (Å²) in [6.07, 6.45) is 0.163. The molecule has 86 valence electrons. The van der Waals surface area contributed by atoms with Gasteiger partial charge in [-0.25, -0.2) is 4.39 Å². The number of halogens is 1. The van der Waals surface area contributed by atoms with Gasteiger partial charge < -0.3 is 9.84 Å². The number of aliphatic hydroxyl groups excluding tert-OH is 1. The topological polar surface area (TPSA) is 53.2 Å². The molecule has 1 atom stereocenters. The van der Waals surface area contributed by atoms with Crippen molar-refractivity contribution < 1.29 is 14.2 Å². The average Bonchev–Trinajstić information content (AvgIpc) is 2.30. The minimum absolute atomic E-state index is 0.0680. The summed E-state index contributed by atoms with van der Waals surface area (Å²) in [7, 11) is 0. The summed E-state index contributed by atoms with van der Waals surface area (Å²) in [6, 6.07) is 8.26. The van der Waals surface area contributed by atoms with Gasteiger partial charge in [0.1, 0.15) is 5.82 Å². The molecule has 1 aromatic rings. The fraction of sp³-hybridized carbons (Fsp3) is 0.417. The lowest BCUT2D eigenvalue weighted by atomic mass is 9.97. The van der Waals surface area contributed by atoms with Gasteiger partial charge in [0.15, 0.2) is 5.60 Å². The Morgan fingerprint density at radius 3 is 2.75 bits per heavy atom. The molecule has 16 heavy (non-hydrogen) atoms. The fourth-order valence-corrected chi connectivity index (χ4v) is 1.40. The Bertz CT molecular complexity index is 389. The van der Waals surface area contributed by atoms with Gasteiger partial charge in [-0.15, -0.1) is 0 Å². The largest absolute Gasteiger partial charge is 0.394 e. The monoisotopic (exact) mass is 223 g/mol. The van der Waals surface area contributed by atoms with Crippen molar-refractivity contribution in [3.63, 3.8) is 0 Å². The van der Waals surface area contributed by atoms with E-state index in [-0.39, 0.29) is 25.5 Å². The average molecular weight is 223 g/mol. The molecule has 0 fully saturated rings. The molecule has 0 aliphatic heterocycles. The summed E-state index contributed by atoms with van der Waals surface area (Å²) in [5.74, 6) is -0.350. The molecule has 0 aliphatic rings. The number of hydrogen-bond donors (Lipinski definition) is 1. The van der Waals surface area contributed by atoms with E-state index in [4.69, 9.17) is 15.1 Å². The lowest BCUT2D eigenvalue weighted by Gasteiger charge is -2.22. The van der Waals surface area contributed by atoms with Gasteiger partial charge in [-0.1, -0.05) is 18.2 Å². The van der Waals surface area contributed by atoms with Crippen LogP contribution in [0.25, 0.3) is 0 Å². The molecule has 0 saturated carbocycles. The first kappa shape index (κ1) is 12.6. The molecule has 0 aliphatic carbocycles. The molecule has 4 heteroatoms. The third kappa shape index (κ3) is 3.30. The van der Waals surface area contributed by atoms with E-state index in [1.807, 2.05) is 6.07 Å². The summed E-state index contributed by atoms with van der Waals surface area (Å²) >= 11 is 0. The zero-order chi connectivity index (χ0) is 12.0. The Morgan fingerprint density at radius 1 is 1.50 bits per heavy atom. The molecular weight excluding hydrogens is 209 g/mol. The van der Waals surface area contributed by atoms with Crippen LogP contribution < -0.4 is 0 Å². The molecule has 0 aromatic heterocycles. The van der Waals surface area contributed by atoms with E-state index < -0.39 is 5.60 Å². The molecule has 1 N–H and O–H groups in total. The summed E-state index contributed by atoms with van der Waals surface area (Å²) < 4.78 is 18.6. The van der Waals surface area contributed by atoms with Gasteiger partial charge in [0.2, 0.25) is 0 Å². The number of nitrogens with zero attached hydrogens (tertiary/aromatic N) is 1. The Morgan fingerprint density at radius 2 is 2.19 bits per heavy atom. The third-order valence-electron chi connectivity index (χ3n) is 2.23. The third-order valence-corrected chi connectivity index (χ3v) is 2.23. The smallest absolute Gasteiger partial charge is 0.155 e. The van der Waals surface area contributed by atoms with Crippen LogP contribution in [-0.4, -0.2) is 23.9 Å². The van der Waals surface area contributed by atoms with E-state index in [1.165, 1.54) is 6.07 Å². The van der Waals surface area contributed by atoms with Crippen LogP contribution in [0.1, 0.15) is 12.5 Å². The SMILES string of the molecule is CC(C#N)(Cc1ccccc1F)OCCO. The van der Waals surface area contributed by atoms with Crippen molar-refractivity contribution in [2.75, 3.05) is 13.2 Å². The zero-order valence-electron chi connectivity index (χ0n) is 9.11. The van der Waals surface area contributed by atoms with Gasteiger partial charge in [-0.2, -0.15) is 5.26 Å². The number of nitriles is 1. The van der Waals surface area contributed by atoms with Crippen LogP contribution in [0, 0.1) is 17.1 Å². The first-order valence-electron chi connectivity index (χ1n) is 5.01. The fourth-order valence-electron chi connectivity index (χ4n) is 1.40. The lowest BCUT2D eigenvalue weighted by Crippen LogP contribution is -2.31. The Balaban J connectivity index is 2.78. The van der Waals surface area contributed by atoms with E-state index in [0.29, 0.717) is 5.56 Å². The van der Waals surface area contributed by atoms with E-state index in [2.05, 4.69) is 0 Å². The van der Waals surface area contributed by atoms with Gasteiger partial charge in [0.25, 0.3) is 0 Å². The second kappa shape index (κ2) is 5.59. The second-order valence-electron chi connectivity index (χ2n) is 3.68. The Kier molecular flexibility index (Phi) is 4.41. The van der Waals surface area contributed by atoms with Crippen LogP contribution in [0.5, 0.6) is 0 Å². The van der Waals surface area contributed by atoms with Gasteiger partial charge >= 0.3 is 0 Å². The highest BCUT2D eigenvalue weighted by Crippen LogP contribution is 2.18. The van der Waals surface area contributed by atoms with Crippen molar-refractivity contribution in [3.05, 3.63) is 35.6 Å².